The monoisotopic (exact) mass is 260 g/mol. The van der Waals surface area contributed by atoms with E-state index in [2.05, 4.69) is 0 Å². The van der Waals surface area contributed by atoms with E-state index in [1.54, 1.807) is 18.4 Å². The number of ether oxygens (including phenoxy) is 1. The summed E-state index contributed by atoms with van der Waals surface area (Å²) in [4.78, 5) is 12.6. The topological polar surface area (TPSA) is 26.3 Å². The van der Waals surface area contributed by atoms with Crippen LogP contribution < -0.4 is 4.74 Å². The minimum atomic E-state index is 0.0445. The third-order valence-corrected chi connectivity index (χ3v) is 3.85. The lowest BCUT2D eigenvalue weighted by Crippen LogP contribution is -2.07. The van der Waals surface area contributed by atoms with Gasteiger partial charge in [0.1, 0.15) is 5.75 Å². The highest BCUT2D eigenvalue weighted by atomic mass is 32.1. The molecule has 0 atom stereocenters. The standard InChI is InChI=1S/C15H16O2S/c1-9-5-10(2)14(13(6-9)17-4)15(16)12-8-18-7-11(12)3/h5-8H,1-4H3. The van der Waals surface area contributed by atoms with E-state index in [9.17, 15) is 4.79 Å². The molecule has 0 aliphatic rings. The summed E-state index contributed by atoms with van der Waals surface area (Å²) < 4.78 is 5.35. The van der Waals surface area contributed by atoms with Crippen LogP contribution in [-0.2, 0) is 0 Å². The van der Waals surface area contributed by atoms with Crippen LogP contribution in [0.3, 0.4) is 0 Å². The Bertz CT molecular complexity index is 597. The Labute approximate surface area is 111 Å². The molecule has 2 rings (SSSR count). The summed E-state index contributed by atoms with van der Waals surface area (Å²) in [5, 5.41) is 3.89. The summed E-state index contributed by atoms with van der Waals surface area (Å²) in [6.45, 7) is 5.91. The second-order valence-electron chi connectivity index (χ2n) is 4.46. The van der Waals surface area contributed by atoms with Crippen LogP contribution in [-0.4, -0.2) is 12.9 Å². The van der Waals surface area contributed by atoms with Crippen molar-refractivity contribution in [2.24, 2.45) is 0 Å². The Morgan fingerprint density at radius 3 is 2.39 bits per heavy atom. The largest absolute Gasteiger partial charge is 0.496 e. The fourth-order valence-electron chi connectivity index (χ4n) is 2.11. The third-order valence-electron chi connectivity index (χ3n) is 2.99. The van der Waals surface area contributed by atoms with Gasteiger partial charge in [-0.05, 0) is 48.9 Å². The van der Waals surface area contributed by atoms with Crippen molar-refractivity contribution in [3.63, 3.8) is 0 Å². The van der Waals surface area contributed by atoms with Crippen molar-refractivity contribution in [2.45, 2.75) is 20.8 Å². The van der Waals surface area contributed by atoms with Gasteiger partial charge in [-0.3, -0.25) is 4.79 Å². The summed E-state index contributed by atoms with van der Waals surface area (Å²) >= 11 is 1.55. The zero-order chi connectivity index (χ0) is 13.3. The molecule has 0 saturated heterocycles. The van der Waals surface area contributed by atoms with Crippen LogP contribution >= 0.6 is 11.3 Å². The summed E-state index contributed by atoms with van der Waals surface area (Å²) in [5.41, 5.74) is 4.52. The first-order chi connectivity index (χ1) is 8.54. The predicted octanol–water partition coefficient (Wildman–Crippen LogP) is 3.91. The van der Waals surface area contributed by atoms with E-state index in [4.69, 9.17) is 4.74 Å². The van der Waals surface area contributed by atoms with E-state index < -0.39 is 0 Å². The molecule has 0 saturated carbocycles. The number of aryl methyl sites for hydroxylation is 3. The van der Waals surface area contributed by atoms with Crippen LogP contribution in [0.1, 0.15) is 32.6 Å². The Morgan fingerprint density at radius 1 is 1.11 bits per heavy atom. The van der Waals surface area contributed by atoms with Gasteiger partial charge in [-0.15, -0.1) is 0 Å². The minimum Gasteiger partial charge on any atom is -0.496 e. The molecule has 2 aromatic rings. The Balaban J connectivity index is 2.58. The molecule has 0 radical (unpaired) electrons. The summed E-state index contributed by atoms with van der Waals surface area (Å²) in [7, 11) is 1.60. The lowest BCUT2D eigenvalue weighted by Gasteiger charge is -2.12. The molecule has 0 aliphatic carbocycles. The molecular weight excluding hydrogens is 244 g/mol. The summed E-state index contributed by atoms with van der Waals surface area (Å²) in [5.74, 6) is 0.700. The number of carbonyl (C=O) groups excluding carboxylic acids is 1. The second kappa shape index (κ2) is 4.94. The van der Waals surface area contributed by atoms with Gasteiger partial charge in [-0.1, -0.05) is 6.07 Å². The van der Waals surface area contributed by atoms with E-state index in [0.717, 1.165) is 22.3 Å². The average molecular weight is 260 g/mol. The number of hydrogen-bond donors (Lipinski definition) is 0. The molecule has 0 unspecified atom stereocenters. The predicted molar refractivity (Wildman–Crippen MR) is 75.0 cm³/mol. The Hall–Kier alpha value is -1.61. The number of benzene rings is 1. The van der Waals surface area contributed by atoms with Gasteiger partial charge in [0.2, 0.25) is 0 Å². The highest BCUT2D eigenvalue weighted by Gasteiger charge is 2.19. The third kappa shape index (κ3) is 2.18. The molecule has 1 aromatic heterocycles. The Kier molecular flexibility index (Phi) is 3.53. The van der Waals surface area contributed by atoms with Crippen molar-refractivity contribution in [3.05, 3.63) is 50.7 Å². The van der Waals surface area contributed by atoms with E-state index >= 15 is 0 Å². The number of ketones is 1. The van der Waals surface area contributed by atoms with Crippen LogP contribution in [0.2, 0.25) is 0 Å². The molecule has 1 aromatic carbocycles. The average Bonchev–Trinajstić information content (AvgIpc) is 2.73. The number of carbonyl (C=O) groups is 1. The van der Waals surface area contributed by atoms with Crippen LogP contribution in [0.5, 0.6) is 5.75 Å². The molecule has 0 amide bonds. The van der Waals surface area contributed by atoms with Crippen LogP contribution in [0.15, 0.2) is 22.9 Å². The maximum atomic E-state index is 12.6. The van der Waals surface area contributed by atoms with Crippen molar-refractivity contribution in [1.29, 1.82) is 0 Å². The lowest BCUT2D eigenvalue weighted by molar-refractivity contribution is 0.103. The van der Waals surface area contributed by atoms with Crippen molar-refractivity contribution in [1.82, 2.24) is 0 Å². The van der Waals surface area contributed by atoms with E-state index in [-0.39, 0.29) is 5.78 Å². The maximum absolute atomic E-state index is 12.6. The van der Waals surface area contributed by atoms with E-state index in [1.807, 2.05) is 43.7 Å². The molecule has 0 aliphatic heterocycles. The number of methoxy groups -OCH3 is 1. The highest BCUT2D eigenvalue weighted by Crippen LogP contribution is 2.28. The minimum absolute atomic E-state index is 0.0445. The quantitative estimate of drug-likeness (QED) is 0.782. The van der Waals surface area contributed by atoms with Gasteiger partial charge in [0, 0.05) is 10.9 Å². The SMILES string of the molecule is COc1cc(C)cc(C)c1C(=O)c1cscc1C. The number of hydrogen-bond acceptors (Lipinski definition) is 3. The molecule has 0 N–H and O–H groups in total. The van der Waals surface area contributed by atoms with Gasteiger partial charge in [0.25, 0.3) is 0 Å². The molecule has 0 bridgehead atoms. The van der Waals surface area contributed by atoms with Gasteiger partial charge >= 0.3 is 0 Å². The maximum Gasteiger partial charge on any atom is 0.198 e. The first kappa shape index (κ1) is 12.8. The Morgan fingerprint density at radius 2 is 1.83 bits per heavy atom. The van der Waals surface area contributed by atoms with Crippen molar-refractivity contribution < 1.29 is 9.53 Å². The molecule has 94 valence electrons. The fraction of sp³-hybridized carbons (Fsp3) is 0.267. The van der Waals surface area contributed by atoms with Crippen molar-refractivity contribution in [2.75, 3.05) is 7.11 Å². The number of thiophene rings is 1. The molecule has 3 heteroatoms. The van der Waals surface area contributed by atoms with Crippen molar-refractivity contribution in [3.8, 4) is 5.75 Å². The molecule has 0 fully saturated rings. The zero-order valence-corrected chi connectivity index (χ0v) is 11.9. The van der Waals surface area contributed by atoms with Crippen LogP contribution in [0.25, 0.3) is 0 Å². The van der Waals surface area contributed by atoms with Crippen LogP contribution in [0, 0.1) is 20.8 Å². The molecular formula is C15H16O2S. The van der Waals surface area contributed by atoms with Gasteiger partial charge in [0.05, 0.1) is 12.7 Å². The first-order valence-electron chi connectivity index (χ1n) is 5.77. The molecule has 0 spiro atoms. The summed E-state index contributed by atoms with van der Waals surface area (Å²) in [6.07, 6.45) is 0. The number of rotatable bonds is 3. The second-order valence-corrected chi connectivity index (χ2v) is 5.20. The van der Waals surface area contributed by atoms with Gasteiger partial charge < -0.3 is 4.74 Å². The normalized spacial score (nSPS) is 10.4. The highest BCUT2D eigenvalue weighted by molar-refractivity contribution is 7.08. The van der Waals surface area contributed by atoms with E-state index in [0.29, 0.717) is 11.3 Å². The molecule has 18 heavy (non-hydrogen) atoms. The molecule has 1 heterocycles. The first-order valence-corrected chi connectivity index (χ1v) is 6.71. The van der Waals surface area contributed by atoms with Gasteiger partial charge in [0.15, 0.2) is 5.78 Å². The van der Waals surface area contributed by atoms with E-state index in [1.165, 1.54) is 0 Å². The van der Waals surface area contributed by atoms with Crippen LogP contribution in [0.4, 0.5) is 0 Å². The fourth-order valence-corrected chi connectivity index (χ4v) is 2.94. The van der Waals surface area contributed by atoms with Gasteiger partial charge in [-0.2, -0.15) is 11.3 Å². The summed E-state index contributed by atoms with van der Waals surface area (Å²) in [6, 6.07) is 3.92. The zero-order valence-electron chi connectivity index (χ0n) is 11.0. The lowest BCUT2D eigenvalue weighted by atomic mass is 9.96. The van der Waals surface area contributed by atoms with Gasteiger partial charge in [-0.25, -0.2) is 0 Å². The smallest absolute Gasteiger partial charge is 0.198 e. The van der Waals surface area contributed by atoms with Crippen molar-refractivity contribution >= 4 is 17.1 Å². The molecule has 2 nitrogen and oxygen atoms in total.